The lowest BCUT2D eigenvalue weighted by molar-refractivity contribution is 0.0410. The number of carbonyl (C=O) groups excluding carboxylic acids is 1. The molecule has 0 saturated carbocycles. The zero-order valence-corrected chi connectivity index (χ0v) is 13.4. The number of amides is 1. The van der Waals surface area contributed by atoms with Crippen LogP contribution in [0, 0.1) is 0 Å². The molecule has 21 heavy (non-hydrogen) atoms. The minimum Gasteiger partial charge on any atom is -0.390 e. The molecule has 1 amide bonds. The minimum absolute atomic E-state index is 0.203. The minimum atomic E-state index is -3.31. The molecule has 1 aliphatic rings. The van der Waals surface area contributed by atoms with Gasteiger partial charge in [0, 0.05) is 16.6 Å². The highest BCUT2D eigenvalue weighted by molar-refractivity contribution is 7.91. The maximum absolute atomic E-state index is 12.6. The molecule has 0 spiro atoms. The first-order chi connectivity index (χ1) is 9.71. The Morgan fingerprint density at radius 2 is 1.86 bits per heavy atom. The van der Waals surface area contributed by atoms with E-state index in [2.05, 4.69) is 0 Å². The van der Waals surface area contributed by atoms with Crippen molar-refractivity contribution >= 4 is 27.3 Å². The second-order valence-corrected chi connectivity index (χ2v) is 8.11. The normalized spacial score (nSPS) is 24.2. The summed E-state index contributed by atoms with van der Waals surface area (Å²) in [4.78, 5) is 14.1. The number of aliphatic hydroxyl groups excluding tert-OH is 1. The zero-order valence-electron chi connectivity index (χ0n) is 11.9. The molecule has 2 atom stereocenters. The molecule has 2 rings (SSSR count). The van der Waals surface area contributed by atoms with Crippen LogP contribution in [0.15, 0.2) is 24.3 Å². The lowest BCUT2D eigenvalue weighted by Gasteiger charge is -2.34. The second-order valence-electron chi connectivity index (χ2n) is 5.52. The number of sulfone groups is 1. The summed E-state index contributed by atoms with van der Waals surface area (Å²) in [6.07, 6.45) is -1.05. The van der Waals surface area contributed by atoms with Crippen LogP contribution in [0.4, 0.5) is 0 Å². The largest absolute Gasteiger partial charge is 0.390 e. The quantitative estimate of drug-likeness (QED) is 0.907. The number of carbonyl (C=O) groups is 1. The Morgan fingerprint density at radius 1 is 1.29 bits per heavy atom. The van der Waals surface area contributed by atoms with E-state index in [4.69, 9.17) is 11.6 Å². The van der Waals surface area contributed by atoms with Crippen molar-refractivity contribution in [3.05, 3.63) is 34.9 Å². The molecule has 0 unspecified atom stereocenters. The lowest BCUT2D eigenvalue weighted by atomic mass is 10.1. The second kappa shape index (κ2) is 5.94. The fourth-order valence-electron chi connectivity index (χ4n) is 2.59. The number of hydrogen-bond acceptors (Lipinski definition) is 4. The first kappa shape index (κ1) is 16.3. The van der Waals surface area contributed by atoms with Crippen LogP contribution in [-0.4, -0.2) is 54.0 Å². The number of benzene rings is 1. The van der Waals surface area contributed by atoms with Crippen molar-refractivity contribution < 1.29 is 18.3 Å². The molecule has 1 aromatic carbocycles. The molecule has 1 fully saturated rings. The van der Waals surface area contributed by atoms with E-state index in [0.29, 0.717) is 10.6 Å². The van der Waals surface area contributed by atoms with Gasteiger partial charge in [-0.3, -0.25) is 4.79 Å². The average molecular weight is 332 g/mol. The van der Waals surface area contributed by atoms with E-state index in [1.54, 1.807) is 38.1 Å². The topological polar surface area (TPSA) is 74.7 Å². The van der Waals surface area contributed by atoms with Gasteiger partial charge in [-0.15, -0.1) is 0 Å². The first-order valence-electron chi connectivity index (χ1n) is 6.68. The Labute approximate surface area is 129 Å². The third kappa shape index (κ3) is 3.56. The highest BCUT2D eigenvalue weighted by atomic mass is 35.5. The van der Waals surface area contributed by atoms with E-state index in [9.17, 15) is 18.3 Å². The Kier molecular flexibility index (Phi) is 4.60. The van der Waals surface area contributed by atoms with Gasteiger partial charge in [0.2, 0.25) is 0 Å². The van der Waals surface area contributed by atoms with Crippen molar-refractivity contribution in [2.45, 2.75) is 32.0 Å². The maximum Gasteiger partial charge on any atom is 0.254 e. The van der Waals surface area contributed by atoms with Crippen LogP contribution in [-0.2, 0) is 9.84 Å². The van der Waals surface area contributed by atoms with E-state index in [1.165, 1.54) is 4.90 Å². The van der Waals surface area contributed by atoms with E-state index >= 15 is 0 Å². The summed E-state index contributed by atoms with van der Waals surface area (Å²) in [7, 11) is -3.31. The summed E-state index contributed by atoms with van der Waals surface area (Å²) < 4.78 is 23.3. The average Bonchev–Trinajstić information content (AvgIpc) is 2.63. The molecule has 0 bridgehead atoms. The van der Waals surface area contributed by atoms with Crippen LogP contribution in [0.25, 0.3) is 0 Å². The summed E-state index contributed by atoms with van der Waals surface area (Å²) in [5.74, 6) is -0.802. The third-order valence-corrected chi connectivity index (χ3v) is 5.48. The number of rotatable bonds is 3. The highest BCUT2D eigenvalue weighted by Crippen LogP contribution is 2.23. The standard InChI is InChI=1S/C14H18ClNO4S/c1-9(2)16(12-7-21(19,20)8-13(12)17)14(18)10-3-5-11(15)6-4-10/h3-6,9,12-13,17H,7-8H2,1-2H3/t12-,13-/m0/s1. The van der Waals surface area contributed by atoms with Crippen LogP contribution >= 0.6 is 11.6 Å². The fraction of sp³-hybridized carbons (Fsp3) is 0.500. The molecule has 7 heteroatoms. The molecule has 1 N–H and O–H groups in total. The van der Waals surface area contributed by atoms with Gasteiger partial charge in [-0.05, 0) is 38.1 Å². The van der Waals surface area contributed by atoms with E-state index in [0.717, 1.165) is 0 Å². The van der Waals surface area contributed by atoms with E-state index < -0.39 is 22.0 Å². The number of aliphatic hydroxyl groups is 1. The first-order valence-corrected chi connectivity index (χ1v) is 8.88. The highest BCUT2D eigenvalue weighted by Gasteiger charge is 2.42. The maximum atomic E-state index is 12.6. The molecular formula is C14H18ClNO4S. The lowest BCUT2D eigenvalue weighted by Crippen LogP contribution is -2.50. The summed E-state index contributed by atoms with van der Waals surface area (Å²) in [6.45, 7) is 3.59. The van der Waals surface area contributed by atoms with Crippen LogP contribution in [0.2, 0.25) is 5.02 Å². The molecule has 1 saturated heterocycles. The summed E-state index contributed by atoms with van der Waals surface area (Å²) in [5.41, 5.74) is 0.421. The van der Waals surface area contributed by atoms with Crippen molar-refractivity contribution in [1.82, 2.24) is 4.90 Å². The van der Waals surface area contributed by atoms with Crippen molar-refractivity contribution in [1.29, 1.82) is 0 Å². The summed E-state index contributed by atoms with van der Waals surface area (Å²) >= 11 is 5.80. The van der Waals surface area contributed by atoms with E-state index in [-0.39, 0.29) is 23.5 Å². The van der Waals surface area contributed by atoms with Crippen molar-refractivity contribution in [2.75, 3.05) is 11.5 Å². The SMILES string of the molecule is CC(C)N(C(=O)c1ccc(Cl)cc1)[C@H]1CS(=O)(=O)C[C@@H]1O. The predicted molar refractivity (Wildman–Crippen MR) is 81.2 cm³/mol. The molecule has 1 aliphatic heterocycles. The van der Waals surface area contributed by atoms with E-state index in [1.807, 2.05) is 0 Å². The van der Waals surface area contributed by atoms with Gasteiger partial charge in [-0.1, -0.05) is 11.6 Å². The molecule has 0 aliphatic carbocycles. The van der Waals surface area contributed by atoms with Gasteiger partial charge in [-0.2, -0.15) is 0 Å². The van der Waals surface area contributed by atoms with Gasteiger partial charge in [0.15, 0.2) is 9.84 Å². The Balaban J connectivity index is 2.31. The van der Waals surface area contributed by atoms with Crippen LogP contribution in [0.5, 0.6) is 0 Å². The molecule has 0 radical (unpaired) electrons. The molecule has 116 valence electrons. The molecule has 1 aromatic rings. The summed E-state index contributed by atoms with van der Waals surface area (Å²) in [5, 5.41) is 10.5. The fourth-order valence-corrected chi connectivity index (χ4v) is 4.49. The Bertz CT molecular complexity index is 627. The van der Waals surface area contributed by atoms with Gasteiger partial charge >= 0.3 is 0 Å². The van der Waals surface area contributed by atoms with Crippen LogP contribution in [0.1, 0.15) is 24.2 Å². The van der Waals surface area contributed by atoms with Gasteiger partial charge in [-0.25, -0.2) is 8.42 Å². The molecular weight excluding hydrogens is 314 g/mol. The van der Waals surface area contributed by atoms with Gasteiger partial charge in [0.1, 0.15) is 0 Å². The van der Waals surface area contributed by atoms with Crippen molar-refractivity contribution in [3.63, 3.8) is 0 Å². The monoisotopic (exact) mass is 331 g/mol. The summed E-state index contributed by atoms with van der Waals surface area (Å²) in [6, 6.07) is 5.47. The van der Waals surface area contributed by atoms with Crippen LogP contribution < -0.4 is 0 Å². The molecule has 5 nitrogen and oxygen atoms in total. The third-order valence-electron chi connectivity index (χ3n) is 3.53. The van der Waals surface area contributed by atoms with Crippen molar-refractivity contribution in [3.8, 4) is 0 Å². The number of hydrogen-bond donors (Lipinski definition) is 1. The molecule has 0 aromatic heterocycles. The zero-order chi connectivity index (χ0) is 15.8. The smallest absolute Gasteiger partial charge is 0.254 e. The molecule has 1 heterocycles. The number of halogens is 1. The van der Waals surface area contributed by atoms with Gasteiger partial charge < -0.3 is 10.0 Å². The Morgan fingerprint density at radius 3 is 2.29 bits per heavy atom. The van der Waals surface area contributed by atoms with Gasteiger partial charge in [0.25, 0.3) is 5.91 Å². The van der Waals surface area contributed by atoms with Gasteiger partial charge in [0.05, 0.1) is 23.7 Å². The Hall–Kier alpha value is -1.11. The number of nitrogens with zero attached hydrogens (tertiary/aromatic N) is 1. The van der Waals surface area contributed by atoms with Crippen molar-refractivity contribution in [2.24, 2.45) is 0 Å². The van der Waals surface area contributed by atoms with Crippen LogP contribution in [0.3, 0.4) is 0 Å². The predicted octanol–water partition coefficient (Wildman–Crippen LogP) is 1.35.